The minimum Gasteiger partial charge on any atom is -0.466 e. The molecule has 2 heterocycles. The Morgan fingerprint density at radius 1 is 1.15 bits per heavy atom. The molecule has 0 radical (unpaired) electrons. The van der Waals surface area contributed by atoms with Crippen LogP contribution in [0.2, 0.25) is 0 Å². The lowest BCUT2D eigenvalue weighted by molar-refractivity contribution is -0.149. The molecule has 6 heteroatoms. The first-order chi connectivity index (χ1) is 12.4. The van der Waals surface area contributed by atoms with Crippen molar-refractivity contribution in [3.63, 3.8) is 0 Å². The van der Waals surface area contributed by atoms with E-state index in [1.165, 1.54) is 4.90 Å². The van der Waals surface area contributed by atoms with Crippen molar-refractivity contribution in [2.24, 2.45) is 5.92 Å². The van der Waals surface area contributed by atoms with Crippen LogP contribution < -0.4 is 4.90 Å². The highest BCUT2D eigenvalue weighted by Crippen LogP contribution is 2.29. The molecule has 2 amide bonds. The van der Waals surface area contributed by atoms with E-state index in [0.29, 0.717) is 38.2 Å². The molecule has 2 aliphatic rings. The fourth-order valence-electron chi connectivity index (χ4n) is 3.74. The maximum Gasteiger partial charge on any atom is 0.309 e. The van der Waals surface area contributed by atoms with Crippen molar-refractivity contribution in [2.75, 3.05) is 24.6 Å². The molecule has 3 rings (SSSR count). The van der Waals surface area contributed by atoms with E-state index in [9.17, 15) is 14.4 Å². The van der Waals surface area contributed by atoms with Gasteiger partial charge >= 0.3 is 5.97 Å². The van der Waals surface area contributed by atoms with E-state index >= 15 is 0 Å². The topological polar surface area (TPSA) is 66.9 Å². The van der Waals surface area contributed by atoms with E-state index in [4.69, 9.17) is 4.74 Å². The van der Waals surface area contributed by atoms with Gasteiger partial charge in [-0.3, -0.25) is 19.3 Å². The van der Waals surface area contributed by atoms with Gasteiger partial charge in [0.15, 0.2) is 0 Å². The number of carbonyl (C=O) groups excluding carboxylic acids is 3. The van der Waals surface area contributed by atoms with Crippen LogP contribution in [0.3, 0.4) is 0 Å². The number of esters is 1. The highest BCUT2D eigenvalue weighted by molar-refractivity contribution is 6.22. The van der Waals surface area contributed by atoms with Crippen LogP contribution in [0.5, 0.6) is 0 Å². The number of benzene rings is 1. The van der Waals surface area contributed by atoms with Gasteiger partial charge in [0.25, 0.3) is 5.91 Å². The molecule has 0 saturated carbocycles. The summed E-state index contributed by atoms with van der Waals surface area (Å²) in [6, 6.07) is 5.23. The quantitative estimate of drug-likeness (QED) is 0.610. The van der Waals surface area contributed by atoms with Crippen LogP contribution in [-0.4, -0.2) is 48.4 Å². The monoisotopic (exact) mass is 358 g/mol. The van der Waals surface area contributed by atoms with Gasteiger partial charge in [-0.15, -0.1) is 0 Å². The predicted octanol–water partition coefficient (Wildman–Crippen LogP) is 2.21. The van der Waals surface area contributed by atoms with Crippen molar-refractivity contribution in [3.8, 4) is 0 Å². The van der Waals surface area contributed by atoms with Crippen LogP contribution in [0.25, 0.3) is 0 Å². The van der Waals surface area contributed by atoms with Crippen molar-refractivity contribution in [3.05, 3.63) is 29.3 Å². The smallest absolute Gasteiger partial charge is 0.309 e. The molecular formula is C20H26N2O4. The first-order valence-corrected chi connectivity index (χ1v) is 9.27. The molecular weight excluding hydrogens is 332 g/mol. The SMILES string of the molecule is CCOC(=O)C1CCN([C@@H]2CC(=O)N(c3ccc(C)c(C)c3)C2=O)CC1. The Kier molecular flexibility index (Phi) is 5.41. The summed E-state index contributed by atoms with van der Waals surface area (Å²) in [4.78, 5) is 40.6. The van der Waals surface area contributed by atoms with Crippen LogP contribution in [0.15, 0.2) is 18.2 Å². The van der Waals surface area contributed by atoms with E-state index in [2.05, 4.69) is 0 Å². The number of aryl methyl sites for hydroxylation is 2. The second-order valence-corrected chi connectivity index (χ2v) is 7.12. The molecule has 2 aliphatic heterocycles. The number of hydrogen-bond acceptors (Lipinski definition) is 5. The number of rotatable bonds is 4. The number of ether oxygens (including phenoxy) is 1. The average Bonchev–Trinajstić information content (AvgIpc) is 2.92. The molecule has 140 valence electrons. The van der Waals surface area contributed by atoms with Gasteiger partial charge in [-0.1, -0.05) is 6.07 Å². The third kappa shape index (κ3) is 3.51. The summed E-state index contributed by atoms with van der Waals surface area (Å²) < 4.78 is 5.09. The minimum absolute atomic E-state index is 0.103. The molecule has 6 nitrogen and oxygen atoms in total. The summed E-state index contributed by atoms with van der Waals surface area (Å²) in [5.41, 5.74) is 2.83. The van der Waals surface area contributed by atoms with E-state index in [0.717, 1.165) is 11.1 Å². The summed E-state index contributed by atoms with van der Waals surface area (Å²) >= 11 is 0. The number of likely N-dealkylation sites (tertiary alicyclic amines) is 1. The Bertz CT molecular complexity index is 723. The zero-order valence-corrected chi connectivity index (χ0v) is 15.7. The van der Waals surface area contributed by atoms with Gasteiger partial charge in [0, 0.05) is 0 Å². The highest BCUT2D eigenvalue weighted by Gasteiger charge is 2.44. The van der Waals surface area contributed by atoms with E-state index in [1.807, 2.05) is 36.9 Å². The van der Waals surface area contributed by atoms with Crippen molar-refractivity contribution in [1.82, 2.24) is 4.90 Å². The first kappa shape index (κ1) is 18.6. The first-order valence-electron chi connectivity index (χ1n) is 9.27. The lowest BCUT2D eigenvalue weighted by Crippen LogP contribution is -2.47. The number of anilines is 1. The molecule has 0 aliphatic carbocycles. The molecule has 2 fully saturated rings. The van der Waals surface area contributed by atoms with Gasteiger partial charge in [-0.25, -0.2) is 4.90 Å². The third-order valence-electron chi connectivity index (χ3n) is 5.46. The van der Waals surface area contributed by atoms with Gasteiger partial charge < -0.3 is 4.74 Å². The van der Waals surface area contributed by atoms with Crippen LogP contribution in [-0.2, 0) is 19.1 Å². The maximum atomic E-state index is 12.9. The number of imide groups is 1. The summed E-state index contributed by atoms with van der Waals surface area (Å²) in [5, 5.41) is 0. The van der Waals surface area contributed by atoms with Crippen molar-refractivity contribution < 1.29 is 19.1 Å². The minimum atomic E-state index is -0.424. The number of carbonyl (C=O) groups is 3. The third-order valence-corrected chi connectivity index (χ3v) is 5.46. The second-order valence-electron chi connectivity index (χ2n) is 7.12. The Balaban J connectivity index is 1.68. The molecule has 1 atom stereocenters. The van der Waals surface area contributed by atoms with Gasteiger partial charge in [0.1, 0.15) is 0 Å². The van der Waals surface area contributed by atoms with Crippen molar-refractivity contribution in [1.29, 1.82) is 0 Å². The molecule has 2 saturated heterocycles. The highest BCUT2D eigenvalue weighted by atomic mass is 16.5. The summed E-state index contributed by atoms with van der Waals surface area (Å²) in [6.07, 6.45) is 1.54. The van der Waals surface area contributed by atoms with Gasteiger partial charge in [0.2, 0.25) is 5.91 Å². The maximum absolute atomic E-state index is 12.9. The Labute approximate surface area is 154 Å². The van der Waals surface area contributed by atoms with Crippen LogP contribution in [0.1, 0.15) is 37.3 Å². The Hall–Kier alpha value is -2.21. The predicted molar refractivity (Wildman–Crippen MR) is 97.7 cm³/mol. The summed E-state index contributed by atoms with van der Waals surface area (Å²) in [6.45, 7) is 7.43. The molecule has 0 aromatic heterocycles. The molecule has 0 unspecified atom stereocenters. The number of hydrogen-bond donors (Lipinski definition) is 0. The van der Waals surface area contributed by atoms with Gasteiger partial charge in [-0.05, 0) is 70.0 Å². The fraction of sp³-hybridized carbons (Fsp3) is 0.550. The van der Waals surface area contributed by atoms with Crippen LogP contribution in [0, 0.1) is 19.8 Å². The van der Waals surface area contributed by atoms with E-state index < -0.39 is 6.04 Å². The lowest BCUT2D eigenvalue weighted by Gasteiger charge is -2.33. The molecule has 26 heavy (non-hydrogen) atoms. The molecule has 0 bridgehead atoms. The summed E-state index contributed by atoms with van der Waals surface area (Å²) in [5.74, 6) is -0.574. The van der Waals surface area contributed by atoms with Crippen LogP contribution in [0.4, 0.5) is 5.69 Å². The van der Waals surface area contributed by atoms with Gasteiger partial charge in [-0.2, -0.15) is 0 Å². The Morgan fingerprint density at radius 3 is 2.46 bits per heavy atom. The average molecular weight is 358 g/mol. The van der Waals surface area contributed by atoms with E-state index in [1.54, 1.807) is 6.92 Å². The Morgan fingerprint density at radius 2 is 1.85 bits per heavy atom. The second kappa shape index (κ2) is 7.58. The zero-order chi connectivity index (χ0) is 18.8. The van der Waals surface area contributed by atoms with Gasteiger partial charge in [0.05, 0.1) is 30.7 Å². The van der Waals surface area contributed by atoms with E-state index in [-0.39, 0.29) is 30.1 Å². The molecule has 0 N–H and O–H groups in total. The zero-order valence-electron chi connectivity index (χ0n) is 15.7. The van der Waals surface area contributed by atoms with Crippen molar-refractivity contribution >= 4 is 23.5 Å². The number of amides is 2. The normalized spacial score (nSPS) is 22.1. The summed E-state index contributed by atoms with van der Waals surface area (Å²) in [7, 11) is 0. The number of nitrogens with zero attached hydrogens (tertiary/aromatic N) is 2. The molecule has 1 aromatic rings. The lowest BCUT2D eigenvalue weighted by atomic mass is 9.95. The fourth-order valence-corrected chi connectivity index (χ4v) is 3.74. The van der Waals surface area contributed by atoms with Crippen molar-refractivity contribution in [2.45, 2.75) is 46.1 Å². The molecule has 0 spiro atoms. The van der Waals surface area contributed by atoms with Crippen LogP contribution >= 0.6 is 0 Å². The standard InChI is InChI=1S/C20H26N2O4/c1-4-26-20(25)15-7-9-21(10-8-15)17-12-18(23)22(19(17)24)16-6-5-13(2)14(3)11-16/h5-6,11,15,17H,4,7-10,12H2,1-3H3/t17-/m1/s1. The largest absolute Gasteiger partial charge is 0.466 e. The number of piperidine rings is 1. The molecule has 1 aromatic carbocycles.